The fourth-order valence-corrected chi connectivity index (χ4v) is 2.80. The van der Waals surface area contributed by atoms with Gasteiger partial charge in [-0.3, -0.25) is 0 Å². The molecule has 0 amide bonds. The molecule has 1 N–H and O–H groups in total. The van der Waals surface area contributed by atoms with Gasteiger partial charge < -0.3 is 9.90 Å². The topological polar surface area (TPSA) is 37.3 Å². The summed E-state index contributed by atoms with van der Waals surface area (Å²) >= 11 is 0. The number of hydrogen-bond donors (Lipinski definition) is 1. The lowest BCUT2D eigenvalue weighted by molar-refractivity contribution is -0.107. The normalized spacial score (nSPS) is 12.5. The van der Waals surface area contributed by atoms with Crippen LogP contribution >= 0.6 is 0 Å². The Morgan fingerprint density at radius 2 is 1.14 bits per heavy atom. The summed E-state index contributed by atoms with van der Waals surface area (Å²) in [5.41, 5.74) is 0. The summed E-state index contributed by atoms with van der Waals surface area (Å²) in [6.07, 6.45) is 20.0. The standard InChI is InChI=1S/C19H38O2/c1-2-3-4-5-6-7-10-13-16-19(21)17-14-11-8-9-12-15-18-20/h18-19,21H,2-17H2,1H3. The van der Waals surface area contributed by atoms with Crippen molar-refractivity contribution < 1.29 is 9.90 Å². The van der Waals surface area contributed by atoms with Gasteiger partial charge in [0.25, 0.3) is 0 Å². The molecule has 0 saturated carbocycles. The van der Waals surface area contributed by atoms with Gasteiger partial charge >= 0.3 is 0 Å². The van der Waals surface area contributed by atoms with Gasteiger partial charge in [-0.05, 0) is 19.3 Å². The van der Waals surface area contributed by atoms with Crippen molar-refractivity contribution in [2.75, 3.05) is 0 Å². The van der Waals surface area contributed by atoms with E-state index in [1.807, 2.05) is 0 Å². The van der Waals surface area contributed by atoms with Crippen LogP contribution in [0.5, 0.6) is 0 Å². The molecule has 0 aromatic rings. The van der Waals surface area contributed by atoms with Gasteiger partial charge in [0.05, 0.1) is 6.10 Å². The SMILES string of the molecule is CCCCCCCCCCC(O)CCCCCCCC=O. The summed E-state index contributed by atoms with van der Waals surface area (Å²) < 4.78 is 0. The fourth-order valence-electron chi connectivity index (χ4n) is 2.80. The van der Waals surface area contributed by atoms with E-state index in [-0.39, 0.29) is 6.10 Å². The molecule has 2 nitrogen and oxygen atoms in total. The molecule has 0 aliphatic heterocycles. The van der Waals surface area contributed by atoms with Gasteiger partial charge in [0.2, 0.25) is 0 Å². The van der Waals surface area contributed by atoms with Crippen molar-refractivity contribution in [3.8, 4) is 0 Å². The first-order valence-corrected chi connectivity index (χ1v) is 9.43. The largest absolute Gasteiger partial charge is 0.393 e. The van der Waals surface area contributed by atoms with E-state index in [2.05, 4.69) is 6.92 Å². The van der Waals surface area contributed by atoms with Crippen LogP contribution < -0.4 is 0 Å². The highest BCUT2D eigenvalue weighted by atomic mass is 16.3. The molecule has 126 valence electrons. The molecule has 0 radical (unpaired) electrons. The highest BCUT2D eigenvalue weighted by Gasteiger charge is 2.03. The Morgan fingerprint density at radius 1 is 0.714 bits per heavy atom. The van der Waals surface area contributed by atoms with Gasteiger partial charge in [-0.1, -0.05) is 84.0 Å². The number of hydrogen-bond acceptors (Lipinski definition) is 2. The zero-order chi connectivity index (χ0) is 15.6. The molecular formula is C19H38O2. The molecule has 0 aliphatic rings. The van der Waals surface area contributed by atoms with Crippen molar-refractivity contribution in [1.82, 2.24) is 0 Å². The second-order valence-electron chi connectivity index (χ2n) is 6.43. The molecule has 0 aromatic carbocycles. The third-order valence-electron chi connectivity index (χ3n) is 4.25. The predicted molar refractivity (Wildman–Crippen MR) is 91.6 cm³/mol. The van der Waals surface area contributed by atoms with E-state index in [9.17, 15) is 9.90 Å². The second kappa shape index (κ2) is 17.7. The molecule has 1 atom stereocenters. The molecule has 0 heterocycles. The average molecular weight is 299 g/mol. The van der Waals surface area contributed by atoms with Crippen molar-refractivity contribution in [3.05, 3.63) is 0 Å². The molecule has 1 unspecified atom stereocenters. The van der Waals surface area contributed by atoms with Crippen LogP contribution in [-0.2, 0) is 4.79 Å². The van der Waals surface area contributed by atoms with Gasteiger partial charge in [-0.15, -0.1) is 0 Å². The maximum atomic E-state index is 10.2. The number of rotatable bonds is 17. The number of unbranched alkanes of at least 4 members (excludes halogenated alkanes) is 12. The quantitative estimate of drug-likeness (QED) is 0.272. The fraction of sp³-hybridized carbons (Fsp3) is 0.947. The number of aldehydes is 1. The van der Waals surface area contributed by atoms with Crippen LogP contribution in [0, 0.1) is 0 Å². The maximum Gasteiger partial charge on any atom is 0.119 e. The van der Waals surface area contributed by atoms with Gasteiger partial charge in [-0.25, -0.2) is 0 Å². The molecule has 0 bridgehead atoms. The highest BCUT2D eigenvalue weighted by molar-refractivity contribution is 5.48. The third-order valence-corrected chi connectivity index (χ3v) is 4.25. The Labute approximate surface area is 132 Å². The average Bonchev–Trinajstić information content (AvgIpc) is 2.49. The smallest absolute Gasteiger partial charge is 0.119 e. The van der Waals surface area contributed by atoms with E-state index in [4.69, 9.17) is 0 Å². The first kappa shape index (κ1) is 20.6. The van der Waals surface area contributed by atoms with Crippen LogP contribution in [0.25, 0.3) is 0 Å². The van der Waals surface area contributed by atoms with Gasteiger partial charge in [0, 0.05) is 6.42 Å². The highest BCUT2D eigenvalue weighted by Crippen LogP contribution is 2.14. The summed E-state index contributed by atoms with van der Waals surface area (Å²) in [5.74, 6) is 0. The number of aliphatic hydroxyl groups is 1. The summed E-state index contributed by atoms with van der Waals surface area (Å²) in [7, 11) is 0. The molecule has 0 aromatic heterocycles. The van der Waals surface area contributed by atoms with Crippen LogP contribution in [0.1, 0.15) is 110 Å². The van der Waals surface area contributed by atoms with E-state index in [1.54, 1.807) is 0 Å². The predicted octanol–water partition coefficient (Wildman–Crippen LogP) is 5.81. The van der Waals surface area contributed by atoms with E-state index in [0.717, 1.165) is 38.4 Å². The van der Waals surface area contributed by atoms with Gasteiger partial charge in [0.1, 0.15) is 6.29 Å². The molecule has 0 rings (SSSR count). The molecule has 0 aliphatic carbocycles. The Hall–Kier alpha value is -0.370. The van der Waals surface area contributed by atoms with E-state index in [0.29, 0.717) is 6.42 Å². The Kier molecular flexibility index (Phi) is 17.4. The lowest BCUT2D eigenvalue weighted by atomic mass is 10.0. The van der Waals surface area contributed by atoms with Crippen LogP contribution in [0.2, 0.25) is 0 Å². The molecular weight excluding hydrogens is 260 g/mol. The zero-order valence-corrected chi connectivity index (χ0v) is 14.3. The molecule has 0 saturated heterocycles. The van der Waals surface area contributed by atoms with Gasteiger partial charge in [0.15, 0.2) is 0 Å². The Bertz CT molecular complexity index is 204. The Balaban J connectivity index is 3.12. The minimum absolute atomic E-state index is 0.0833. The summed E-state index contributed by atoms with van der Waals surface area (Å²) in [5, 5.41) is 9.92. The number of carbonyl (C=O) groups is 1. The van der Waals surface area contributed by atoms with Crippen molar-refractivity contribution in [1.29, 1.82) is 0 Å². The Morgan fingerprint density at radius 3 is 1.62 bits per heavy atom. The zero-order valence-electron chi connectivity index (χ0n) is 14.3. The van der Waals surface area contributed by atoms with Crippen LogP contribution in [0.4, 0.5) is 0 Å². The van der Waals surface area contributed by atoms with Crippen molar-refractivity contribution >= 4 is 6.29 Å². The van der Waals surface area contributed by atoms with E-state index < -0.39 is 0 Å². The molecule has 21 heavy (non-hydrogen) atoms. The van der Waals surface area contributed by atoms with Crippen molar-refractivity contribution in [2.45, 2.75) is 116 Å². The molecule has 0 fully saturated rings. The lowest BCUT2D eigenvalue weighted by Gasteiger charge is -2.10. The van der Waals surface area contributed by atoms with Crippen molar-refractivity contribution in [2.24, 2.45) is 0 Å². The van der Waals surface area contributed by atoms with Crippen LogP contribution in [0.15, 0.2) is 0 Å². The van der Waals surface area contributed by atoms with Crippen molar-refractivity contribution in [3.63, 3.8) is 0 Å². The minimum atomic E-state index is -0.0833. The number of aliphatic hydroxyl groups excluding tert-OH is 1. The van der Waals surface area contributed by atoms with Gasteiger partial charge in [-0.2, -0.15) is 0 Å². The molecule has 0 spiro atoms. The number of carbonyl (C=O) groups excluding carboxylic acids is 1. The summed E-state index contributed by atoms with van der Waals surface area (Å²) in [4.78, 5) is 10.2. The van der Waals surface area contributed by atoms with Crippen LogP contribution in [0.3, 0.4) is 0 Å². The minimum Gasteiger partial charge on any atom is -0.393 e. The van der Waals surface area contributed by atoms with Crippen LogP contribution in [-0.4, -0.2) is 17.5 Å². The molecule has 2 heteroatoms. The second-order valence-corrected chi connectivity index (χ2v) is 6.43. The monoisotopic (exact) mass is 298 g/mol. The maximum absolute atomic E-state index is 10.2. The van der Waals surface area contributed by atoms with E-state index in [1.165, 1.54) is 64.2 Å². The summed E-state index contributed by atoms with van der Waals surface area (Å²) in [6.45, 7) is 2.26. The lowest BCUT2D eigenvalue weighted by Crippen LogP contribution is -2.05. The first-order chi connectivity index (χ1) is 10.3. The first-order valence-electron chi connectivity index (χ1n) is 9.43. The van der Waals surface area contributed by atoms with E-state index >= 15 is 0 Å². The third kappa shape index (κ3) is 17.6. The summed E-state index contributed by atoms with van der Waals surface area (Å²) in [6, 6.07) is 0.